The molecule has 20 heavy (non-hydrogen) atoms. The van der Waals surface area contributed by atoms with Gasteiger partial charge in [-0.3, -0.25) is 4.79 Å². The molecule has 0 spiro atoms. The number of carbonyl (C=O) groups excluding carboxylic acids is 1. The third-order valence-corrected chi connectivity index (χ3v) is 3.68. The van der Waals surface area contributed by atoms with Crippen LogP contribution in [0.4, 0.5) is 0 Å². The first-order valence-electron chi connectivity index (χ1n) is 6.63. The second-order valence-corrected chi connectivity index (χ2v) is 5.78. The molecule has 0 atom stereocenters. The van der Waals surface area contributed by atoms with Crippen LogP contribution < -0.4 is 4.74 Å². The van der Waals surface area contributed by atoms with E-state index in [1.807, 2.05) is 42.5 Å². The summed E-state index contributed by atoms with van der Waals surface area (Å²) in [7, 11) is 0. The predicted octanol–water partition coefficient (Wildman–Crippen LogP) is 4.09. The van der Waals surface area contributed by atoms with Crippen LogP contribution in [0.25, 0.3) is 0 Å². The van der Waals surface area contributed by atoms with Crippen molar-refractivity contribution >= 4 is 16.9 Å². The maximum atomic E-state index is 10.9. The molecule has 0 amide bonds. The Balaban J connectivity index is 1.81. The van der Waals surface area contributed by atoms with Gasteiger partial charge in [0.1, 0.15) is 12.4 Å². The number of hydrogen-bond donors (Lipinski definition) is 0. The molecule has 0 heterocycles. The quantitative estimate of drug-likeness (QED) is 0.800. The zero-order valence-electron chi connectivity index (χ0n) is 11.5. The van der Waals surface area contributed by atoms with E-state index in [9.17, 15) is 4.79 Å². The topological polar surface area (TPSA) is 26.3 Å². The van der Waals surface area contributed by atoms with Gasteiger partial charge < -0.3 is 4.74 Å². The Bertz CT molecular complexity index is 535. The number of benzene rings is 2. The van der Waals surface area contributed by atoms with Gasteiger partial charge in [0.15, 0.2) is 5.12 Å². The second-order valence-electron chi connectivity index (χ2n) is 4.51. The Morgan fingerprint density at radius 3 is 2.35 bits per heavy atom. The van der Waals surface area contributed by atoms with Crippen LogP contribution in [0.5, 0.6) is 5.75 Å². The van der Waals surface area contributed by atoms with Crippen LogP contribution in [0.1, 0.15) is 18.1 Å². The lowest BCUT2D eigenvalue weighted by Crippen LogP contribution is -1.96. The van der Waals surface area contributed by atoms with Gasteiger partial charge in [-0.2, -0.15) is 0 Å². The highest BCUT2D eigenvalue weighted by Crippen LogP contribution is 2.15. The van der Waals surface area contributed by atoms with E-state index in [1.54, 1.807) is 6.92 Å². The van der Waals surface area contributed by atoms with Gasteiger partial charge >= 0.3 is 0 Å². The molecule has 0 saturated heterocycles. The Morgan fingerprint density at radius 2 is 1.70 bits per heavy atom. The normalized spacial score (nSPS) is 10.2. The molecule has 2 aromatic rings. The highest BCUT2D eigenvalue weighted by Gasteiger charge is 1.99. The van der Waals surface area contributed by atoms with Gasteiger partial charge in [-0.05, 0) is 29.7 Å². The van der Waals surface area contributed by atoms with Crippen LogP contribution in [-0.4, -0.2) is 10.9 Å². The zero-order valence-corrected chi connectivity index (χ0v) is 12.4. The van der Waals surface area contributed by atoms with Gasteiger partial charge in [-0.15, -0.1) is 0 Å². The average molecular weight is 286 g/mol. The first-order chi connectivity index (χ1) is 9.74. The molecule has 0 fully saturated rings. The summed E-state index contributed by atoms with van der Waals surface area (Å²) < 4.78 is 5.73. The average Bonchev–Trinajstić information content (AvgIpc) is 2.47. The van der Waals surface area contributed by atoms with Gasteiger partial charge in [0.25, 0.3) is 0 Å². The van der Waals surface area contributed by atoms with E-state index in [4.69, 9.17) is 4.74 Å². The van der Waals surface area contributed by atoms with Crippen molar-refractivity contribution < 1.29 is 9.53 Å². The molecule has 0 aliphatic heterocycles. The van der Waals surface area contributed by atoms with Crippen molar-refractivity contribution in [3.8, 4) is 5.75 Å². The van der Waals surface area contributed by atoms with E-state index in [0.29, 0.717) is 6.61 Å². The molecule has 2 nitrogen and oxygen atoms in total. The van der Waals surface area contributed by atoms with Crippen molar-refractivity contribution in [2.75, 3.05) is 5.75 Å². The summed E-state index contributed by atoms with van der Waals surface area (Å²) in [6.07, 6.45) is 0.906. The van der Waals surface area contributed by atoms with Crippen molar-refractivity contribution in [1.82, 2.24) is 0 Å². The van der Waals surface area contributed by atoms with E-state index in [-0.39, 0.29) is 5.12 Å². The summed E-state index contributed by atoms with van der Waals surface area (Å²) in [5.41, 5.74) is 2.39. The van der Waals surface area contributed by atoms with E-state index in [0.717, 1.165) is 23.5 Å². The number of ether oxygens (including phenoxy) is 1. The first kappa shape index (κ1) is 14.7. The van der Waals surface area contributed by atoms with E-state index >= 15 is 0 Å². The Labute approximate surface area is 124 Å². The lowest BCUT2D eigenvalue weighted by atomic mass is 10.2. The summed E-state index contributed by atoms with van der Waals surface area (Å²) in [6, 6.07) is 18.2. The molecule has 3 heteroatoms. The number of rotatable bonds is 6. The zero-order chi connectivity index (χ0) is 14.2. The molecular formula is C17H18O2S. The molecule has 0 aliphatic carbocycles. The maximum absolute atomic E-state index is 10.9. The van der Waals surface area contributed by atoms with Crippen LogP contribution in [-0.2, 0) is 17.8 Å². The summed E-state index contributed by atoms with van der Waals surface area (Å²) >= 11 is 1.37. The molecule has 0 saturated carbocycles. The van der Waals surface area contributed by atoms with Crippen LogP contribution in [0.3, 0.4) is 0 Å². The summed E-state index contributed by atoms with van der Waals surface area (Å²) in [4.78, 5) is 10.9. The number of thioether (sulfide) groups is 1. The molecule has 2 aromatic carbocycles. The minimum Gasteiger partial charge on any atom is -0.489 e. The van der Waals surface area contributed by atoms with Gasteiger partial charge in [-0.25, -0.2) is 0 Å². The smallest absolute Gasteiger partial charge is 0.185 e. The minimum absolute atomic E-state index is 0.174. The molecule has 0 aromatic heterocycles. The third-order valence-electron chi connectivity index (χ3n) is 2.87. The van der Waals surface area contributed by atoms with Gasteiger partial charge in [-0.1, -0.05) is 54.2 Å². The third kappa shape index (κ3) is 5.10. The molecule has 2 rings (SSSR count). The highest BCUT2D eigenvalue weighted by molar-refractivity contribution is 8.13. The molecule has 0 aliphatic rings. The van der Waals surface area contributed by atoms with E-state index in [2.05, 4.69) is 12.1 Å². The van der Waals surface area contributed by atoms with Crippen molar-refractivity contribution in [2.45, 2.75) is 20.0 Å². The van der Waals surface area contributed by atoms with E-state index < -0.39 is 0 Å². The van der Waals surface area contributed by atoms with Crippen LogP contribution in [0, 0.1) is 0 Å². The molecular weight excluding hydrogens is 268 g/mol. The van der Waals surface area contributed by atoms with Gasteiger partial charge in [0, 0.05) is 12.7 Å². The van der Waals surface area contributed by atoms with Crippen molar-refractivity contribution in [1.29, 1.82) is 0 Å². The van der Waals surface area contributed by atoms with Crippen molar-refractivity contribution in [3.63, 3.8) is 0 Å². The summed E-state index contributed by atoms with van der Waals surface area (Å²) in [5, 5.41) is 0.174. The largest absolute Gasteiger partial charge is 0.489 e. The SMILES string of the molecule is CC(=O)SCCc1ccc(OCc2ccccc2)cc1. The molecule has 0 bridgehead atoms. The van der Waals surface area contributed by atoms with Crippen molar-refractivity contribution in [3.05, 3.63) is 65.7 Å². The number of carbonyl (C=O) groups is 1. The standard InChI is InChI=1S/C17H18O2S/c1-14(18)20-12-11-15-7-9-17(10-8-15)19-13-16-5-3-2-4-6-16/h2-10H,11-13H2,1H3. The van der Waals surface area contributed by atoms with Crippen LogP contribution in [0.2, 0.25) is 0 Å². The van der Waals surface area contributed by atoms with Crippen LogP contribution in [0.15, 0.2) is 54.6 Å². The molecule has 104 valence electrons. The fourth-order valence-electron chi connectivity index (χ4n) is 1.81. The first-order valence-corrected chi connectivity index (χ1v) is 7.61. The Hall–Kier alpha value is -1.74. The molecule has 0 N–H and O–H groups in total. The van der Waals surface area contributed by atoms with Crippen LogP contribution >= 0.6 is 11.8 Å². The Kier molecular flexibility index (Phi) is 5.69. The lowest BCUT2D eigenvalue weighted by molar-refractivity contribution is -0.109. The molecule has 0 radical (unpaired) electrons. The maximum Gasteiger partial charge on any atom is 0.185 e. The predicted molar refractivity (Wildman–Crippen MR) is 84.1 cm³/mol. The minimum atomic E-state index is 0.174. The number of hydrogen-bond acceptors (Lipinski definition) is 3. The highest BCUT2D eigenvalue weighted by atomic mass is 32.2. The van der Waals surface area contributed by atoms with Gasteiger partial charge in [0.2, 0.25) is 0 Å². The second kappa shape index (κ2) is 7.75. The van der Waals surface area contributed by atoms with Crippen molar-refractivity contribution in [2.24, 2.45) is 0 Å². The molecule has 0 unspecified atom stereocenters. The van der Waals surface area contributed by atoms with E-state index in [1.165, 1.54) is 17.3 Å². The fourth-order valence-corrected chi connectivity index (χ4v) is 2.43. The fraction of sp³-hybridized carbons (Fsp3) is 0.235. The number of aryl methyl sites for hydroxylation is 1. The summed E-state index contributed by atoms with van der Waals surface area (Å²) in [6.45, 7) is 2.19. The monoisotopic (exact) mass is 286 g/mol. The van der Waals surface area contributed by atoms with Gasteiger partial charge in [0.05, 0.1) is 0 Å². The Morgan fingerprint density at radius 1 is 1.00 bits per heavy atom. The lowest BCUT2D eigenvalue weighted by Gasteiger charge is -2.07. The summed E-state index contributed by atoms with van der Waals surface area (Å²) in [5.74, 6) is 1.70.